The van der Waals surface area contributed by atoms with Crippen LogP contribution in [0.2, 0.25) is 0 Å². The number of hydrogen-bond acceptors (Lipinski definition) is 4. The van der Waals surface area contributed by atoms with Gasteiger partial charge in [-0.05, 0) is 25.0 Å². The number of nitrogens with zero attached hydrogens (tertiary/aromatic N) is 3. The number of aromatic nitrogens is 1. The summed E-state index contributed by atoms with van der Waals surface area (Å²) in [5.41, 5.74) is 0.967. The lowest BCUT2D eigenvalue weighted by molar-refractivity contribution is -0.384. The molecule has 0 aliphatic heterocycles. The quantitative estimate of drug-likeness (QED) is 0.639. The molecule has 0 spiro atoms. The van der Waals surface area contributed by atoms with Crippen molar-refractivity contribution in [3.63, 3.8) is 0 Å². The van der Waals surface area contributed by atoms with Crippen LogP contribution in [0, 0.1) is 21.4 Å². The minimum absolute atomic E-state index is 0.0216. The van der Waals surface area contributed by atoms with Crippen molar-refractivity contribution in [3.8, 4) is 17.3 Å². The van der Waals surface area contributed by atoms with Crippen LogP contribution in [-0.4, -0.2) is 9.49 Å². The van der Waals surface area contributed by atoms with Crippen molar-refractivity contribution in [2.24, 2.45) is 0 Å². The summed E-state index contributed by atoms with van der Waals surface area (Å²) in [6, 6.07) is 11.3. The molecule has 1 saturated carbocycles. The Morgan fingerprint density at radius 3 is 2.67 bits per heavy atom. The molecule has 0 saturated heterocycles. The van der Waals surface area contributed by atoms with Gasteiger partial charge in [-0.15, -0.1) is 0 Å². The third kappa shape index (κ3) is 2.30. The number of rotatable bonds is 3. The second kappa shape index (κ2) is 4.87. The van der Waals surface area contributed by atoms with E-state index in [1.165, 1.54) is 18.2 Å². The van der Waals surface area contributed by atoms with E-state index in [2.05, 4.69) is 0 Å². The molecule has 1 aliphatic rings. The average Bonchev–Trinajstić information content (AvgIpc) is 3.31. The smallest absolute Gasteiger partial charge is 0.270 e. The third-order valence-electron chi connectivity index (χ3n) is 3.50. The van der Waals surface area contributed by atoms with Gasteiger partial charge in [0.1, 0.15) is 11.6 Å². The highest BCUT2D eigenvalue weighted by molar-refractivity contribution is 5.64. The fourth-order valence-electron chi connectivity index (χ4n) is 2.35. The van der Waals surface area contributed by atoms with E-state index >= 15 is 0 Å². The van der Waals surface area contributed by atoms with Crippen LogP contribution < -0.4 is 5.56 Å². The van der Waals surface area contributed by atoms with Crippen molar-refractivity contribution in [2.75, 3.05) is 0 Å². The van der Waals surface area contributed by atoms with E-state index in [9.17, 15) is 14.9 Å². The molecule has 0 atom stereocenters. The number of benzene rings is 1. The van der Waals surface area contributed by atoms with Gasteiger partial charge in [-0.25, -0.2) is 0 Å². The first-order chi connectivity index (χ1) is 10.1. The second-order valence-corrected chi connectivity index (χ2v) is 4.96. The van der Waals surface area contributed by atoms with Crippen molar-refractivity contribution in [1.82, 2.24) is 4.57 Å². The Hall–Kier alpha value is -2.94. The fourth-order valence-corrected chi connectivity index (χ4v) is 2.35. The van der Waals surface area contributed by atoms with Crippen molar-refractivity contribution in [3.05, 3.63) is 62.4 Å². The van der Waals surface area contributed by atoms with Gasteiger partial charge in [-0.3, -0.25) is 14.9 Å². The Balaban J connectivity index is 2.21. The van der Waals surface area contributed by atoms with E-state index in [4.69, 9.17) is 5.26 Å². The lowest BCUT2D eigenvalue weighted by Gasteiger charge is -2.12. The maximum absolute atomic E-state index is 12.3. The van der Waals surface area contributed by atoms with Gasteiger partial charge >= 0.3 is 0 Å². The first-order valence-electron chi connectivity index (χ1n) is 6.52. The Kier molecular flexibility index (Phi) is 3.03. The molecule has 0 radical (unpaired) electrons. The predicted molar refractivity (Wildman–Crippen MR) is 75.8 cm³/mol. The molecular weight excluding hydrogens is 270 g/mol. The zero-order valence-electron chi connectivity index (χ0n) is 11.0. The summed E-state index contributed by atoms with van der Waals surface area (Å²) in [7, 11) is 0. The number of hydrogen-bond donors (Lipinski definition) is 0. The summed E-state index contributed by atoms with van der Waals surface area (Å²) in [4.78, 5) is 22.7. The molecule has 2 aromatic rings. The highest BCUT2D eigenvalue weighted by atomic mass is 16.6. The molecule has 1 heterocycles. The SMILES string of the molecule is N#Cc1ccc(-c2cccc([N+](=O)[O-])c2)n(C2CC2)c1=O. The van der Waals surface area contributed by atoms with E-state index in [-0.39, 0.29) is 22.9 Å². The molecule has 1 aliphatic carbocycles. The van der Waals surface area contributed by atoms with Crippen LogP contribution in [0.15, 0.2) is 41.2 Å². The van der Waals surface area contributed by atoms with E-state index in [0.29, 0.717) is 11.3 Å². The number of nitro groups is 1. The summed E-state index contributed by atoms with van der Waals surface area (Å²) in [5, 5.41) is 19.8. The Morgan fingerprint density at radius 2 is 2.05 bits per heavy atom. The number of non-ortho nitro benzene ring substituents is 1. The van der Waals surface area contributed by atoms with E-state index in [1.54, 1.807) is 22.8 Å². The summed E-state index contributed by atoms with van der Waals surface area (Å²) < 4.78 is 1.58. The largest absolute Gasteiger partial charge is 0.304 e. The number of nitro benzene ring substituents is 1. The molecule has 1 aromatic carbocycles. The van der Waals surface area contributed by atoms with Crippen LogP contribution in [0.1, 0.15) is 24.4 Å². The standard InChI is InChI=1S/C15H11N3O3/c16-9-11-4-7-14(17(15(11)19)12-5-6-12)10-2-1-3-13(8-10)18(20)21/h1-4,7-8,12H,5-6H2. The molecule has 0 unspecified atom stereocenters. The maximum Gasteiger partial charge on any atom is 0.270 e. The van der Waals surface area contributed by atoms with E-state index in [1.807, 2.05) is 6.07 Å². The van der Waals surface area contributed by atoms with Crippen LogP contribution in [-0.2, 0) is 0 Å². The summed E-state index contributed by atoms with van der Waals surface area (Å²) in [6.45, 7) is 0. The number of pyridine rings is 1. The minimum Gasteiger partial charge on any atom is -0.304 e. The number of nitriles is 1. The van der Waals surface area contributed by atoms with Crippen LogP contribution in [0.25, 0.3) is 11.3 Å². The first-order valence-corrected chi connectivity index (χ1v) is 6.52. The normalized spacial score (nSPS) is 13.7. The molecular formula is C15H11N3O3. The zero-order chi connectivity index (χ0) is 15.0. The molecule has 21 heavy (non-hydrogen) atoms. The van der Waals surface area contributed by atoms with Crippen molar-refractivity contribution >= 4 is 5.69 Å². The van der Waals surface area contributed by atoms with Crippen molar-refractivity contribution < 1.29 is 4.92 Å². The van der Waals surface area contributed by atoms with E-state index < -0.39 is 4.92 Å². The molecule has 104 valence electrons. The average molecular weight is 281 g/mol. The molecule has 1 aromatic heterocycles. The molecule has 0 amide bonds. The van der Waals surface area contributed by atoms with Crippen LogP contribution in [0.5, 0.6) is 0 Å². The summed E-state index contributed by atoms with van der Waals surface area (Å²) in [6.07, 6.45) is 1.77. The Labute approximate surface area is 120 Å². The lowest BCUT2D eigenvalue weighted by atomic mass is 10.1. The topological polar surface area (TPSA) is 88.9 Å². The molecule has 3 rings (SSSR count). The Bertz CT molecular complexity index is 829. The molecule has 0 bridgehead atoms. The van der Waals surface area contributed by atoms with Gasteiger partial charge < -0.3 is 4.57 Å². The minimum atomic E-state index is -0.466. The predicted octanol–water partition coefficient (Wildman–Crippen LogP) is 2.63. The van der Waals surface area contributed by atoms with Gasteiger partial charge in [0.15, 0.2) is 0 Å². The van der Waals surface area contributed by atoms with E-state index in [0.717, 1.165) is 12.8 Å². The molecule has 0 N–H and O–H groups in total. The van der Waals surface area contributed by atoms with Crippen LogP contribution >= 0.6 is 0 Å². The Morgan fingerprint density at radius 1 is 1.29 bits per heavy atom. The first kappa shape index (κ1) is 13.1. The van der Waals surface area contributed by atoms with Crippen LogP contribution in [0.4, 0.5) is 5.69 Å². The van der Waals surface area contributed by atoms with Crippen molar-refractivity contribution in [2.45, 2.75) is 18.9 Å². The summed E-state index contributed by atoms with van der Waals surface area (Å²) in [5.74, 6) is 0. The highest BCUT2D eigenvalue weighted by Gasteiger charge is 2.28. The zero-order valence-corrected chi connectivity index (χ0v) is 11.0. The van der Waals surface area contributed by atoms with Gasteiger partial charge in [0.25, 0.3) is 11.2 Å². The fraction of sp³-hybridized carbons (Fsp3) is 0.200. The molecule has 6 heteroatoms. The van der Waals surface area contributed by atoms with Crippen molar-refractivity contribution in [1.29, 1.82) is 5.26 Å². The summed E-state index contributed by atoms with van der Waals surface area (Å²) >= 11 is 0. The van der Waals surface area contributed by atoms with Crippen LogP contribution in [0.3, 0.4) is 0 Å². The van der Waals surface area contributed by atoms with Gasteiger partial charge in [0.2, 0.25) is 0 Å². The lowest BCUT2D eigenvalue weighted by Crippen LogP contribution is -2.23. The van der Waals surface area contributed by atoms with Gasteiger partial charge in [-0.2, -0.15) is 5.26 Å². The molecule has 6 nitrogen and oxygen atoms in total. The maximum atomic E-state index is 12.3. The highest BCUT2D eigenvalue weighted by Crippen LogP contribution is 2.37. The molecule has 1 fully saturated rings. The van der Waals surface area contributed by atoms with Gasteiger partial charge in [-0.1, -0.05) is 12.1 Å². The van der Waals surface area contributed by atoms with Gasteiger partial charge in [0, 0.05) is 23.7 Å². The second-order valence-electron chi connectivity index (χ2n) is 4.96. The monoisotopic (exact) mass is 281 g/mol. The van der Waals surface area contributed by atoms with Gasteiger partial charge in [0.05, 0.1) is 10.6 Å². The third-order valence-corrected chi connectivity index (χ3v) is 3.50.